The van der Waals surface area contributed by atoms with E-state index < -0.39 is 5.60 Å². The van der Waals surface area contributed by atoms with Crippen LogP contribution in [0.1, 0.15) is 53.9 Å². The van der Waals surface area contributed by atoms with Crippen molar-refractivity contribution in [1.29, 1.82) is 0 Å². The Bertz CT molecular complexity index is 207. The van der Waals surface area contributed by atoms with Gasteiger partial charge in [0.05, 0.1) is 5.60 Å². The van der Waals surface area contributed by atoms with Crippen molar-refractivity contribution in [2.24, 2.45) is 5.41 Å². The van der Waals surface area contributed by atoms with Crippen molar-refractivity contribution in [3.63, 3.8) is 0 Å². The van der Waals surface area contributed by atoms with E-state index in [1.54, 1.807) is 0 Å². The van der Waals surface area contributed by atoms with Crippen LogP contribution in [0.25, 0.3) is 0 Å². The van der Waals surface area contributed by atoms with Crippen LogP contribution in [0.5, 0.6) is 0 Å². The van der Waals surface area contributed by atoms with Gasteiger partial charge in [-0.05, 0) is 52.1 Å². The van der Waals surface area contributed by atoms with E-state index in [0.717, 1.165) is 26.2 Å². The first-order valence-corrected chi connectivity index (χ1v) is 7.40. The number of rotatable bonds is 10. The summed E-state index contributed by atoms with van der Waals surface area (Å²) >= 11 is 0. The molecule has 0 unspecified atom stereocenters. The van der Waals surface area contributed by atoms with Gasteiger partial charge in [0.2, 0.25) is 0 Å². The van der Waals surface area contributed by atoms with Gasteiger partial charge in [-0.3, -0.25) is 0 Å². The molecule has 2 N–H and O–H groups in total. The third-order valence-electron chi connectivity index (χ3n) is 3.69. The SMILES string of the molecule is CCCNCC(CC)(CC)CN(C)CC(C)(C)O. The molecule has 0 aromatic carbocycles. The summed E-state index contributed by atoms with van der Waals surface area (Å²) in [7, 11) is 2.11. The van der Waals surface area contributed by atoms with Crippen molar-refractivity contribution >= 4 is 0 Å². The molecule has 3 nitrogen and oxygen atoms in total. The fourth-order valence-corrected chi connectivity index (χ4v) is 2.60. The van der Waals surface area contributed by atoms with E-state index in [2.05, 4.69) is 38.0 Å². The third-order valence-corrected chi connectivity index (χ3v) is 3.69. The zero-order valence-electron chi connectivity index (χ0n) is 13.3. The van der Waals surface area contributed by atoms with E-state index in [4.69, 9.17) is 0 Å². The summed E-state index contributed by atoms with van der Waals surface area (Å²) in [5.41, 5.74) is -0.284. The summed E-state index contributed by atoms with van der Waals surface area (Å²) in [5.74, 6) is 0. The molecule has 0 aliphatic rings. The maximum absolute atomic E-state index is 9.89. The summed E-state index contributed by atoms with van der Waals surface area (Å²) in [5, 5.41) is 13.4. The summed E-state index contributed by atoms with van der Waals surface area (Å²) in [6, 6.07) is 0. The summed E-state index contributed by atoms with van der Waals surface area (Å²) in [4.78, 5) is 2.26. The van der Waals surface area contributed by atoms with Gasteiger partial charge in [-0.15, -0.1) is 0 Å². The molecule has 110 valence electrons. The average Bonchev–Trinajstić information content (AvgIpc) is 2.25. The molecule has 0 radical (unpaired) electrons. The van der Waals surface area contributed by atoms with Gasteiger partial charge >= 0.3 is 0 Å². The molecule has 0 aliphatic heterocycles. The average molecular weight is 258 g/mol. The lowest BCUT2D eigenvalue weighted by Crippen LogP contribution is -2.46. The molecule has 0 bridgehead atoms. The van der Waals surface area contributed by atoms with E-state index in [1.807, 2.05) is 13.8 Å². The Balaban J connectivity index is 4.40. The highest BCUT2D eigenvalue weighted by Crippen LogP contribution is 2.27. The minimum absolute atomic E-state index is 0.329. The summed E-state index contributed by atoms with van der Waals surface area (Å²) < 4.78 is 0. The predicted octanol–water partition coefficient (Wildman–Crippen LogP) is 2.50. The maximum Gasteiger partial charge on any atom is 0.0718 e. The van der Waals surface area contributed by atoms with Gasteiger partial charge in [-0.25, -0.2) is 0 Å². The minimum Gasteiger partial charge on any atom is -0.389 e. The molecule has 0 saturated heterocycles. The summed E-state index contributed by atoms with van der Waals surface area (Å²) in [6.07, 6.45) is 3.54. The fraction of sp³-hybridized carbons (Fsp3) is 1.00. The number of hydrogen-bond donors (Lipinski definition) is 2. The molecule has 0 fully saturated rings. The van der Waals surface area contributed by atoms with Crippen LogP contribution in [0.2, 0.25) is 0 Å². The van der Waals surface area contributed by atoms with Crippen LogP contribution >= 0.6 is 0 Å². The first-order valence-electron chi connectivity index (χ1n) is 7.40. The van der Waals surface area contributed by atoms with Crippen LogP contribution in [0.4, 0.5) is 0 Å². The van der Waals surface area contributed by atoms with E-state index in [1.165, 1.54) is 19.3 Å². The number of aliphatic hydroxyl groups is 1. The number of likely N-dealkylation sites (N-methyl/N-ethyl adjacent to an activating group) is 1. The van der Waals surface area contributed by atoms with Crippen molar-refractivity contribution < 1.29 is 5.11 Å². The zero-order valence-corrected chi connectivity index (χ0v) is 13.3. The van der Waals surface area contributed by atoms with Crippen LogP contribution in [-0.4, -0.2) is 48.8 Å². The molecule has 0 amide bonds. The highest BCUT2D eigenvalue weighted by Gasteiger charge is 2.28. The largest absolute Gasteiger partial charge is 0.389 e. The molecule has 0 aromatic heterocycles. The number of nitrogens with zero attached hydrogens (tertiary/aromatic N) is 1. The molecular weight excluding hydrogens is 224 g/mol. The molecule has 0 aliphatic carbocycles. The molecular formula is C15H34N2O. The second-order valence-corrected chi connectivity index (χ2v) is 6.37. The molecule has 3 heteroatoms. The minimum atomic E-state index is -0.612. The fourth-order valence-electron chi connectivity index (χ4n) is 2.60. The Kier molecular flexibility index (Phi) is 8.08. The first-order chi connectivity index (χ1) is 8.28. The Labute approximate surface area is 114 Å². The lowest BCUT2D eigenvalue weighted by molar-refractivity contribution is 0.0283. The predicted molar refractivity (Wildman–Crippen MR) is 80.0 cm³/mol. The third kappa shape index (κ3) is 7.34. The van der Waals surface area contributed by atoms with Crippen LogP contribution in [0.3, 0.4) is 0 Å². The lowest BCUT2D eigenvalue weighted by Gasteiger charge is -2.38. The van der Waals surface area contributed by atoms with Gasteiger partial charge in [0.15, 0.2) is 0 Å². The van der Waals surface area contributed by atoms with Crippen molar-refractivity contribution in [1.82, 2.24) is 10.2 Å². The van der Waals surface area contributed by atoms with Crippen LogP contribution in [-0.2, 0) is 0 Å². The van der Waals surface area contributed by atoms with Gasteiger partial charge < -0.3 is 15.3 Å². The lowest BCUT2D eigenvalue weighted by atomic mass is 9.81. The Morgan fingerprint density at radius 3 is 2.00 bits per heavy atom. The Hall–Kier alpha value is -0.120. The second-order valence-electron chi connectivity index (χ2n) is 6.37. The maximum atomic E-state index is 9.89. The monoisotopic (exact) mass is 258 g/mol. The normalized spacial score (nSPS) is 13.3. The molecule has 0 heterocycles. The van der Waals surface area contributed by atoms with Gasteiger partial charge in [-0.2, -0.15) is 0 Å². The van der Waals surface area contributed by atoms with Crippen LogP contribution in [0, 0.1) is 5.41 Å². The number of nitrogens with one attached hydrogen (secondary N) is 1. The van der Waals surface area contributed by atoms with E-state index in [9.17, 15) is 5.11 Å². The molecule has 18 heavy (non-hydrogen) atoms. The standard InChI is InChI=1S/C15H34N2O/c1-7-10-16-11-15(8-2,9-3)13-17(6)12-14(4,5)18/h16,18H,7-13H2,1-6H3. The van der Waals surface area contributed by atoms with Gasteiger partial charge in [-0.1, -0.05) is 20.8 Å². The van der Waals surface area contributed by atoms with Gasteiger partial charge in [0, 0.05) is 19.6 Å². The summed E-state index contributed by atoms with van der Waals surface area (Å²) in [6.45, 7) is 14.4. The highest BCUT2D eigenvalue weighted by molar-refractivity contribution is 4.83. The van der Waals surface area contributed by atoms with Crippen LogP contribution in [0.15, 0.2) is 0 Å². The number of hydrogen-bond acceptors (Lipinski definition) is 3. The van der Waals surface area contributed by atoms with Crippen LogP contribution < -0.4 is 5.32 Å². The first kappa shape index (κ1) is 17.9. The molecule has 0 aromatic rings. The van der Waals surface area contributed by atoms with Crippen molar-refractivity contribution in [3.05, 3.63) is 0 Å². The molecule has 0 spiro atoms. The van der Waals surface area contributed by atoms with Gasteiger partial charge in [0.1, 0.15) is 0 Å². The second kappa shape index (κ2) is 8.13. The zero-order chi connectivity index (χ0) is 14.2. The van der Waals surface area contributed by atoms with E-state index in [-0.39, 0.29) is 0 Å². The topological polar surface area (TPSA) is 35.5 Å². The Morgan fingerprint density at radius 2 is 1.61 bits per heavy atom. The molecule has 0 rings (SSSR count). The van der Waals surface area contributed by atoms with Crippen molar-refractivity contribution in [2.75, 3.05) is 33.2 Å². The van der Waals surface area contributed by atoms with E-state index in [0.29, 0.717) is 5.41 Å². The molecule has 0 saturated carbocycles. The van der Waals surface area contributed by atoms with Gasteiger partial charge in [0.25, 0.3) is 0 Å². The van der Waals surface area contributed by atoms with Crippen molar-refractivity contribution in [2.45, 2.75) is 59.5 Å². The van der Waals surface area contributed by atoms with E-state index >= 15 is 0 Å². The smallest absolute Gasteiger partial charge is 0.0718 e. The molecule has 0 atom stereocenters. The quantitative estimate of drug-likeness (QED) is 0.591. The Morgan fingerprint density at radius 1 is 1.06 bits per heavy atom. The van der Waals surface area contributed by atoms with Crippen molar-refractivity contribution in [3.8, 4) is 0 Å². The highest BCUT2D eigenvalue weighted by atomic mass is 16.3.